The van der Waals surface area contributed by atoms with Gasteiger partial charge < -0.3 is 5.73 Å². The van der Waals surface area contributed by atoms with Gasteiger partial charge in [-0.15, -0.1) is 0 Å². The summed E-state index contributed by atoms with van der Waals surface area (Å²) in [6, 6.07) is 10.8. The van der Waals surface area contributed by atoms with Crippen molar-refractivity contribution >= 4 is 15.9 Å². The predicted octanol–water partition coefficient (Wildman–Crippen LogP) is 4.25. The summed E-state index contributed by atoms with van der Waals surface area (Å²) in [5.74, 6) is -0.197. The molecule has 0 radical (unpaired) electrons. The van der Waals surface area contributed by atoms with Gasteiger partial charge in [-0.1, -0.05) is 34.1 Å². The van der Waals surface area contributed by atoms with Crippen LogP contribution in [0.25, 0.3) is 0 Å². The Morgan fingerprint density at radius 2 is 1.78 bits per heavy atom. The highest BCUT2D eigenvalue weighted by Crippen LogP contribution is 2.26. The Balaban J connectivity index is 2.44. The lowest BCUT2D eigenvalue weighted by molar-refractivity contribution is 0.617. The standard InChI is InChI=1S/C15H15BrFN/c1-9-3-5-12(16)8-13(9)15(18)11-4-6-14(17)10(2)7-11/h3-8,15H,18H2,1-2H3. The van der Waals surface area contributed by atoms with Crippen LogP contribution in [0, 0.1) is 19.7 Å². The van der Waals surface area contributed by atoms with Crippen LogP contribution in [0.5, 0.6) is 0 Å². The molecule has 0 heterocycles. The second-order valence-electron chi connectivity index (χ2n) is 4.49. The van der Waals surface area contributed by atoms with Crippen molar-refractivity contribution in [1.29, 1.82) is 0 Å². The van der Waals surface area contributed by atoms with Crippen molar-refractivity contribution in [2.24, 2.45) is 5.73 Å². The van der Waals surface area contributed by atoms with E-state index in [9.17, 15) is 4.39 Å². The highest BCUT2D eigenvalue weighted by Gasteiger charge is 2.13. The van der Waals surface area contributed by atoms with E-state index in [2.05, 4.69) is 15.9 Å². The van der Waals surface area contributed by atoms with Gasteiger partial charge in [0.05, 0.1) is 6.04 Å². The van der Waals surface area contributed by atoms with Gasteiger partial charge in [-0.05, 0) is 54.3 Å². The molecular weight excluding hydrogens is 293 g/mol. The molecule has 3 heteroatoms. The first-order valence-corrected chi connectivity index (χ1v) is 6.56. The molecule has 0 aromatic heterocycles. The molecule has 0 aliphatic rings. The van der Waals surface area contributed by atoms with E-state index in [0.717, 1.165) is 21.2 Å². The predicted molar refractivity (Wildman–Crippen MR) is 76.0 cm³/mol. The lowest BCUT2D eigenvalue weighted by Crippen LogP contribution is -2.13. The normalized spacial score (nSPS) is 12.5. The van der Waals surface area contributed by atoms with Gasteiger partial charge in [0.15, 0.2) is 0 Å². The zero-order valence-electron chi connectivity index (χ0n) is 10.4. The average Bonchev–Trinajstić information content (AvgIpc) is 2.35. The number of hydrogen-bond donors (Lipinski definition) is 1. The minimum absolute atomic E-state index is 0.197. The fourth-order valence-corrected chi connectivity index (χ4v) is 2.37. The Kier molecular flexibility index (Phi) is 3.83. The summed E-state index contributed by atoms with van der Waals surface area (Å²) in [5, 5.41) is 0. The van der Waals surface area contributed by atoms with E-state index in [1.54, 1.807) is 19.1 Å². The van der Waals surface area contributed by atoms with Crippen LogP contribution < -0.4 is 5.73 Å². The second-order valence-corrected chi connectivity index (χ2v) is 5.40. The number of rotatable bonds is 2. The molecule has 0 aliphatic heterocycles. The Morgan fingerprint density at radius 1 is 1.06 bits per heavy atom. The zero-order chi connectivity index (χ0) is 13.3. The number of nitrogens with two attached hydrogens (primary N) is 1. The Morgan fingerprint density at radius 3 is 2.44 bits per heavy atom. The van der Waals surface area contributed by atoms with Crippen LogP contribution in [-0.2, 0) is 0 Å². The number of aryl methyl sites for hydroxylation is 2. The third-order valence-electron chi connectivity index (χ3n) is 3.12. The highest BCUT2D eigenvalue weighted by molar-refractivity contribution is 9.10. The summed E-state index contributed by atoms with van der Waals surface area (Å²) in [5.41, 5.74) is 9.99. The SMILES string of the molecule is Cc1cc(C(N)c2cc(Br)ccc2C)ccc1F. The molecular formula is C15H15BrFN. The molecule has 0 saturated carbocycles. The molecule has 0 bridgehead atoms. The van der Waals surface area contributed by atoms with Gasteiger partial charge in [0, 0.05) is 4.47 Å². The maximum absolute atomic E-state index is 13.3. The molecule has 94 valence electrons. The van der Waals surface area contributed by atoms with Gasteiger partial charge in [0.2, 0.25) is 0 Å². The third kappa shape index (κ3) is 2.62. The fraction of sp³-hybridized carbons (Fsp3) is 0.200. The molecule has 1 nitrogen and oxygen atoms in total. The van der Waals surface area contributed by atoms with Crippen molar-refractivity contribution in [1.82, 2.24) is 0 Å². The van der Waals surface area contributed by atoms with E-state index in [4.69, 9.17) is 5.73 Å². The lowest BCUT2D eigenvalue weighted by atomic mass is 9.95. The van der Waals surface area contributed by atoms with Crippen LogP contribution in [0.15, 0.2) is 40.9 Å². The minimum atomic E-state index is -0.234. The van der Waals surface area contributed by atoms with E-state index in [-0.39, 0.29) is 11.9 Å². The second kappa shape index (κ2) is 5.21. The molecule has 0 fully saturated rings. The molecule has 0 amide bonds. The number of benzene rings is 2. The van der Waals surface area contributed by atoms with Crippen molar-refractivity contribution in [3.8, 4) is 0 Å². The quantitative estimate of drug-likeness (QED) is 0.881. The summed E-state index contributed by atoms with van der Waals surface area (Å²) in [6.45, 7) is 3.78. The number of hydrogen-bond acceptors (Lipinski definition) is 1. The monoisotopic (exact) mass is 307 g/mol. The largest absolute Gasteiger partial charge is 0.320 e. The third-order valence-corrected chi connectivity index (χ3v) is 3.61. The van der Waals surface area contributed by atoms with Gasteiger partial charge in [-0.3, -0.25) is 0 Å². The lowest BCUT2D eigenvalue weighted by Gasteiger charge is -2.16. The first-order valence-electron chi connectivity index (χ1n) is 5.76. The fourth-order valence-electron chi connectivity index (χ4n) is 1.99. The van der Waals surface area contributed by atoms with Crippen molar-refractivity contribution in [3.05, 3.63) is 68.9 Å². The maximum Gasteiger partial charge on any atom is 0.126 e. The first-order chi connectivity index (χ1) is 8.49. The van der Waals surface area contributed by atoms with E-state index in [1.807, 2.05) is 25.1 Å². The zero-order valence-corrected chi connectivity index (χ0v) is 12.0. The van der Waals surface area contributed by atoms with Crippen molar-refractivity contribution in [3.63, 3.8) is 0 Å². The van der Waals surface area contributed by atoms with Crippen molar-refractivity contribution < 1.29 is 4.39 Å². The number of halogens is 2. The van der Waals surface area contributed by atoms with E-state index in [0.29, 0.717) is 5.56 Å². The molecule has 2 N–H and O–H groups in total. The van der Waals surface area contributed by atoms with Crippen LogP contribution in [0.3, 0.4) is 0 Å². The van der Waals surface area contributed by atoms with Gasteiger partial charge in [-0.25, -0.2) is 4.39 Å². The van der Waals surface area contributed by atoms with Crippen molar-refractivity contribution in [2.45, 2.75) is 19.9 Å². The smallest absolute Gasteiger partial charge is 0.126 e. The summed E-state index contributed by atoms with van der Waals surface area (Å²) < 4.78 is 14.3. The maximum atomic E-state index is 13.3. The molecule has 2 aromatic rings. The van der Waals surface area contributed by atoms with Crippen LogP contribution in [-0.4, -0.2) is 0 Å². The minimum Gasteiger partial charge on any atom is -0.320 e. The van der Waals surface area contributed by atoms with Gasteiger partial charge in [0.1, 0.15) is 5.82 Å². The highest BCUT2D eigenvalue weighted by atomic mass is 79.9. The molecule has 18 heavy (non-hydrogen) atoms. The van der Waals surface area contributed by atoms with Gasteiger partial charge in [-0.2, -0.15) is 0 Å². The molecule has 2 rings (SSSR count). The van der Waals surface area contributed by atoms with Crippen LogP contribution >= 0.6 is 15.9 Å². The summed E-state index contributed by atoms with van der Waals surface area (Å²) in [4.78, 5) is 0. The van der Waals surface area contributed by atoms with Crippen molar-refractivity contribution in [2.75, 3.05) is 0 Å². The van der Waals surface area contributed by atoms with Crippen LogP contribution in [0.4, 0.5) is 4.39 Å². The molecule has 0 saturated heterocycles. The molecule has 2 aromatic carbocycles. The summed E-state index contributed by atoms with van der Waals surface area (Å²) >= 11 is 3.45. The molecule has 0 spiro atoms. The summed E-state index contributed by atoms with van der Waals surface area (Å²) in [6.07, 6.45) is 0. The van der Waals surface area contributed by atoms with Gasteiger partial charge >= 0.3 is 0 Å². The van der Waals surface area contributed by atoms with E-state index in [1.165, 1.54) is 6.07 Å². The van der Waals surface area contributed by atoms with Crippen LogP contribution in [0.2, 0.25) is 0 Å². The molecule has 1 unspecified atom stereocenters. The van der Waals surface area contributed by atoms with Gasteiger partial charge in [0.25, 0.3) is 0 Å². The van der Waals surface area contributed by atoms with Crippen LogP contribution in [0.1, 0.15) is 28.3 Å². The van der Waals surface area contributed by atoms with E-state index < -0.39 is 0 Å². The Hall–Kier alpha value is -1.19. The van der Waals surface area contributed by atoms with E-state index >= 15 is 0 Å². The topological polar surface area (TPSA) is 26.0 Å². The molecule has 1 atom stereocenters. The average molecular weight is 308 g/mol. The summed E-state index contributed by atoms with van der Waals surface area (Å²) in [7, 11) is 0. The Labute approximate surface area is 115 Å². The molecule has 0 aliphatic carbocycles. The Bertz CT molecular complexity index is 581. The first kappa shape index (κ1) is 13.2.